The Balaban J connectivity index is 1.81. The molecule has 0 aliphatic heterocycles. The molecule has 1 aromatic rings. The third-order valence-corrected chi connectivity index (χ3v) is 4.26. The smallest absolute Gasteiger partial charge is 0.230 e. The lowest BCUT2D eigenvalue weighted by Crippen LogP contribution is -2.17. The Morgan fingerprint density at radius 3 is 2.94 bits per heavy atom. The molecule has 16 heavy (non-hydrogen) atoms. The Kier molecular flexibility index (Phi) is 2.28. The van der Waals surface area contributed by atoms with E-state index in [-0.39, 0.29) is 5.41 Å². The summed E-state index contributed by atoms with van der Waals surface area (Å²) < 4.78 is 5.43. The van der Waals surface area contributed by atoms with Gasteiger partial charge in [-0.1, -0.05) is 18.5 Å². The van der Waals surface area contributed by atoms with Crippen LogP contribution >= 0.6 is 0 Å². The molecule has 0 aromatic carbocycles. The number of hydrogen-bond acceptors (Lipinski definition) is 4. The van der Waals surface area contributed by atoms with Crippen LogP contribution in [-0.4, -0.2) is 16.7 Å². The van der Waals surface area contributed by atoms with Gasteiger partial charge < -0.3 is 10.3 Å². The van der Waals surface area contributed by atoms with E-state index in [4.69, 9.17) is 10.3 Å². The van der Waals surface area contributed by atoms with Crippen LogP contribution in [0.4, 0.5) is 0 Å². The first kappa shape index (κ1) is 10.3. The molecule has 0 bridgehead atoms. The number of rotatable bonds is 3. The van der Waals surface area contributed by atoms with Crippen LogP contribution in [0, 0.1) is 5.92 Å². The number of nitrogens with two attached hydrogens (primary N) is 1. The summed E-state index contributed by atoms with van der Waals surface area (Å²) in [7, 11) is 0. The third-order valence-electron chi connectivity index (χ3n) is 4.26. The molecule has 4 heteroatoms. The van der Waals surface area contributed by atoms with Crippen molar-refractivity contribution in [3.8, 4) is 0 Å². The van der Waals surface area contributed by atoms with Crippen LogP contribution in [0.25, 0.3) is 0 Å². The van der Waals surface area contributed by atoms with Gasteiger partial charge in [0.1, 0.15) is 0 Å². The fraction of sp³-hybridized carbons (Fsp3) is 0.833. The van der Waals surface area contributed by atoms with E-state index >= 15 is 0 Å². The van der Waals surface area contributed by atoms with E-state index in [2.05, 4.69) is 17.1 Å². The van der Waals surface area contributed by atoms with Gasteiger partial charge in [0, 0.05) is 11.3 Å². The molecule has 0 radical (unpaired) electrons. The van der Waals surface area contributed by atoms with Crippen LogP contribution in [0.5, 0.6) is 0 Å². The molecule has 2 aliphatic carbocycles. The lowest BCUT2D eigenvalue weighted by atomic mass is 9.96. The first-order valence-electron chi connectivity index (χ1n) is 6.27. The van der Waals surface area contributed by atoms with Crippen LogP contribution in [0.2, 0.25) is 0 Å². The molecule has 0 saturated heterocycles. The highest BCUT2D eigenvalue weighted by Gasteiger charge is 2.44. The van der Waals surface area contributed by atoms with Crippen LogP contribution in [0.15, 0.2) is 4.52 Å². The molecule has 2 fully saturated rings. The van der Waals surface area contributed by atoms with Crippen molar-refractivity contribution in [1.82, 2.24) is 10.1 Å². The molecule has 1 heterocycles. The summed E-state index contributed by atoms with van der Waals surface area (Å²) in [4.78, 5) is 4.59. The van der Waals surface area contributed by atoms with Gasteiger partial charge in [-0.2, -0.15) is 4.98 Å². The first-order chi connectivity index (χ1) is 7.73. The van der Waals surface area contributed by atoms with Crippen molar-refractivity contribution >= 4 is 0 Å². The molecular weight excluding hydrogens is 202 g/mol. The summed E-state index contributed by atoms with van der Waals surface area (Å²) in [6, 6.07) is 0. The summed E-state index contributed by atoms with van der Waals surface area (Å²) in [5, 5.41) is 4.14. The van der Waals surface area contributed by atoms with Crippen LogP contribution in [-0.2, 0) is 5.41 Å². The van der Waals surface area contributed by atoms with E-state index in [1.807, 2.05) is 0 Å². The van der Waals surface area contributed by atoms with Crippen molar-refractivity contribution in [3.05, 3.63) is 11.7 Å². The average Bonchev–Trinajstić information content (AvgIpc) is 2.78. The van der Waals surface area contributed by atoms with Crippen molar-refractivity contribution in [1.29, 1.82) is 0 Å². The molecule has 2 N–H and O–H groups in total. The molecular formula is C12H19N3O. The van der Waals surface area contributed by atoms with Gasteiger partial charge in [-0.3, -0.25) is 0 Å². The highest BCUT2D eigenvalue weighted by Crippen LogP contribution is 2.47. The van der Waals surface area contributed by atoms with Gasteiger partial charge >= 0.3 is 0 Å². The summed E-state index contributed by atoms with van der Waals surface area (Å²) in [6.45, 7) is 2.94. The molecule has 1 aromatic heterocycles. The molecule has 88 valence electrons. The molecule has 0 amide bonds. The summed E-state index contributed by atoms with van der Waals surface area (Å²) in [5.74, 6) is 2.69. The summed E-state index contributed by atoms with van der Waals surface area (Å²) in [6.07, 6.45) is 5.98. The zero-order valence-corrected chi connectivity index (χ0v) is 9.78. The maximum absolute atomic E-state index is 5.78. The Morgan fingerprint density at radius 2 is 2.25 bits per heavy atom. The van der Waals surface area contributed by atoms with Gasteiger partial charge in [-0.15, -0.1) is 0 Å². The van der Waals surface area contributed by atoms with Crippen LogP contribution < -0.4 is 5.73 Å². The highest BCUT2D eigenvalue weighted by atomic mass is 16.5. The SMILES string of the molecule is CC1(c2noc(C3CCCC3CN)n2)CC1. The topological polar surface area (TPSA) is 64.9 Å². The first-order valence-corrected chi connectivity index (χ1v) is 6.27. The molecule has 2 aliphatic rings. The standard InChI is InChI=1S/C12H19N3O/c1-12(5-6-12)11-14-10(16-15-11)9-4-2-3-8(9)7-13/h8-9H,2-7,13H2,1H3. The lowest BCUT2D eigenvalue weighted by Gasteiger charge is -2.12. The maximum atomic E-state index is 5.78. The molecule has 4 nitrogen and oxygen atoms in total. The van der Waals surface area contributed by atoms with E-state index < -0.39 is 0 Å². The minimum Gasteiger partial charge on any atom is -0.339 e. The Bertz CT molecular complexity index is 383. The highest BCUT2D eigenvalue weighted by molar-refractivity contribution is 5.15. The lowest BCUT2D eigenvalue weighted by molar-refractivity contribution is 0.321. The number of aromatic nitrogens is 2. The van der Waals surface area contributed by atoms with Gasteiger partial charge in [0.15, 0.2) is 5.82 Å². The minimum absolute atomic E-state index is 0.207. The largest absolute Gasteiger partial charge is 0.339 e. The quantitative estimate of drug-likeness (QED) is 0.847. The molecule has 2 saturated carbocycles. The zero-order chi connectivity index (χ0) is 11.2. The van der Waals surface area contributed by atoms with Gasteiger partial charge in [0.05, 0.1) is 0 Å². The second-order valence-corrected chi connectivity index (χ2v) is 5.55. The van der Waals surface area contributed by atoms with Crippen molar-refractivity contribution < 1.29 is 4.52 Å². The molecule has 0 spiro atoms. The van der Waals surface area contributed by atoms with Gasteiger partial charge in [-0.05, 0) is 38.1 Å². The Morgan fingerprint density at radius 1 is 1.44 bits per heavy atom. The predicted molar refractivity (Wildman–Crippen MR) is 60.0 cm³/mol. The van der Waals surface area contributed by atoms with Crippen molar-refractivity contribution in [2.45, 2.75) is 50.4 Å². The van der Waals surface area contributed by atoms with E-state index in [0.29, 0.717) is 11.8 Å². The minimum atomic E-state index is 0.207. The van der Waals surface area contributed by atoms with Gasteiger partial charge in [0.25, 0.3) is 0 Å². The number of nitrogens with zero attached hydrogens (tertiary/aromatic N) is 2. The molecule has 2 unspecified atom stereocenters. The van der Waals surface area contributed by atoms with Crippen molar-refractivity contribution in [2.24, 2.45) is 11.7 Å². The van der Waals surface area contributed by atoms with E-state index in [0.717, 1.165) is 24.7 Å². The van der Waals surface area contributed by atoms with Gasteiger partial charge in [0.2, 0.25) is 5.89 Å². The second-order valence-electron chi connectivity index (χ2n) is 5.55. The second kappa shape index (κ2) is 3.55. The molecule has 3 rings (SSSR count). The fourth-order valence-corrected chi connectivity index (χ4v) is 2.69. The fourth-order valence-electron chi connectivity index (χ4n) is 2.69. The number of hydrogen-bond donors (Lipinski definition) is 1. The average molecular weight is 221 g/mol. The zero-order valence-electron chi connectivity index (χ0n) is 9.78. The summed E-state index contributed by atoms with van der Waals surface area (Å²) >= 11 is 0. The van der Waals surface area contributed by atoms with Crippen LogP contribution in [0.1, 0.15) is 56.7 Å². The van der Waals surface area contributed by atoms with Crippen LogP contribution in [0.3, 0.4) is 0 Å². The van der Waals surface area contributed by atoms with Crippen molar-refractivity contribution in [2.75, 3.05) is 6.54 Å². The normalized spacial score (nSPS) is 31.9. The van der Waals surface area contributed by atoms with E-state index in [9.17, 15) is 0 Å². The molecule has 2 atom stereocenters. The summed E-state index contributed by atoms with van der Waals surface area (Å²) in [5.41, 5.74) is 5.98. The Hall–Kier alpha value is -0.900. The van der Waals surface area contributed by atoms with E-state index in [1.54, 1.807) is 0 Å². The van der Waals surface area contributed by atoms with E-state index in [1.165, 1.54) is 25.7 Å². The monoisotopic (exact) mass is 221 g/mol. The van der Waals surface area contributed by atoms with Gasteiger partial charge in [-0.25, -0.2) is 0 Å². The maximum Gasteiger partial charge on any atom is 0.230 e. The predicted octanol–water partition coefficient (Wildman–Crippen LogP) is 1.96. The third kappa shape index (κ3) is 1.56. The van der Waals surface area contributed by atoms with Crippen molar-refractivity contribution in [3.63, 3.8) is 0 Å². The Labute approximate surface area is 95.6 Å².